The summed E-state index contributed by atoms with van der Waals surface area (Å²) in [4.78, 5) is 0. The molecule has 0 aliphatic carbocycles. The van der Waals surface area contributed by atoms with Gasteiger partial charge in [0.2, 0.25) is 0 Å². The minimum absolute atomic E-state index is 0.00797. The van der Waals surface area contributed by atoms with Gasteiger partial charge < -0.3 is 14.6 Å². The second kappa shape index (κ2) is 5.29. The summed E-state index contributed by atoms with van der Waals surface area (Å²) in [7, 11) is 0. The van der Waals surface area contributed by atoms with E-state index in [0.29, 0.717) is 6.61 Å². The molecule has 1 N–H and O–H groups in total. The molecule has 18 heavy (non-hydrogen) atoms. The zero-order valence-corrected chi connectivity index (χ0v) is 11.4. The lowest BCUT2D eigenvalue weighted by Gasteiger charge is -2.20. The Balaban J connectivity index is 1.94. The van der Waals surface area contributed by atoms with Gasteiger partial charge in [-0.05, 0) is 39.7 Å². The summed E-state index contributed by atoms with van der Waals surface area (Å²) >= 11 is 0. The molecule has 100 valence electrons. The van der Waals surface area contributed by atoms with Crippen LogP contribution in [-0.2, 0) is 11.3 Å². The molecule has 0 saturated carbocycles. The van der Waals surface area contributed by atoms with Crippen LogP contribution < -0.4 is 4.74 Å². The van der Waals surface area contributed by atoms with Crippen LogP contribution >= 0.6 is 0 Å². The Morgan fingerprint density at radius 2 is 2.22 bits per heavy atom. The summed E-state index contributed by atoms with van der Waals surface area (Å²) < 4.78 is 11.7. The normalized spacial score (nSPS) is 22.1. The molecule has 1 aliphatic heterocycles. The Hall–Kier alpha value is -1.06. The molecule has 1 aromatic rings. The lowest BCUT2D eigenvalue weighted by molar-refractivity contribution is -0.0328. The van der Waals surface area contributed by atoms with Crippen molar-refractivity contribution >= 4 is 0 Å². The van der Waals surface area contributed by atoms with Crippen molar-refractivity contribution in [1.29, 1.82) is 0 Å². The number of aliphatic hydroxyl groups is 1. The van der Waals surface area contributed by atoms with Crippen molar-refractivity contribution in [2.45, 2.75) is 51.9 Å². The van der Waals surface area contributed by atoms with Crippen LogP contribution in [-0.4, -0.2) is 23.4 Å². The second-order valence-corrected chi connectivity index (χ2v) is 5.62. The fraction of sp³-hybridized carbons (Fsp3) is 0.600. The third-order valence-corrected chi connectivity index (χ3v) is 3.37. The summed E-state index contributed by atoms with van der Waals surface area (Å²) in [6, 6.07) is 5.86. The van der Waals surface area contributed by atoms with E-state index < -0.39 is 0 Å². The Kier molecular flexibility index (Phi) is 3.93. The van der Waals surface area contributed by atoms with Gasteiger partial charge in [-0.3, -0.25) is 0 Å². The predicted molar refractivity (Wildman–Crippen MR) is 70.8 cm³/mol. The van der Waals surface area contributed by atoms with Crippen molar-refractivity contribution in [3.05, 3.63) is 29.3 Å². The number of rotatable bonds is 4. The van der Waals surface area contributed by atoms with Gasteiger partial charge in [0, 0.05) is 5.56 Å². The molecular formula is C15H22O3. The molecule has 3 nitrogen and oxygen atoms in total. The fourth-order valence-corrected chi connectivity index (χ4v) is 2.35. The first-order valence-corrected chi connectivity index (χ1v) is 6.51. The largest absolute Gasteiger partial charge is 0.491 e. The molecule has 0 amide bonds. The summed E-state index contributed by atoms with van der Waals surface area (Å²) in [6.45, 7) is 6.79. The standard InChI is InChI=1S/C15H22O3/c1-11-4-5-14(12(8-11)9-16)17-10-13-6-7-15(2,3)18-13/h4-5,8,13,16H,6-7,9-10H2,1-3H3. The van der Waals surface area contributed by atoms with E-state index in [1.54, 1.807) is 0 Å². The molecule has 1 saturated heterocycles. The van der Waals surface area contributed by atoms with Gasteiger partial charge in [0.15, 0.2) is 0 Å². The third-order valence-electron chi connectivity index (χ3n) is 3.37. The zero-order chi connectivity index (χ0) is 13.2. The van der Waals surface area contributed by atoms with E-state index in [0.717, 1.165) is 29.7 Å². The first-order chi connectivity index (χ1) is 8.50. The topological polar surface area (TPSA) is 38.7 Å². The van der Waals surface area contributed by atoms with Gasteiger partial charge in [0.25, 0.3) is 0 Å². The minimum atomic E-state index is -0.0267. The van der Waals surface area contributed by atoms with Gasteiger partial charge in [-0.25, -0.2) is 0 Å². The van der Waals surface area contributed by atoms with Crippen LogP contribution in [0.25, 0.3) is 0 Å². The molecule has 0 bridgehead atoms. The van der Waals surface area contributed by atoms with E-state index in [1.165, 1.54) is 0 Å². The quantitative estimate of drug-likeness (QED) is 0.893. The van der Waals surface area contributed by atoms with Crippen LogP contribution in [0.15, 0.2) is 18.2 Å². The van der Waals surface area contributed by atoms with Crippen molar-refractivity contribution in [2.75, 3.05) is 6.61 Å². The predicted octanol–water partition coefficient (Wildman–Crippen LogP) is 2.82. The zero-order valence-electron chi connectivity index (χ0n) is 11.4. The van der Waals surface area contributed by atoms with Crippen LogP contribution in [0.2, 0.25) is 0 Å². The van der Waals surface area contributed by atoms with Gasteiger partial charge in [-0.2, -0.15) is 0 Å². The minimum Gasteiger partial charge on any atom is -0.491 e. The lowest BCUT2D eigenvalue weighted by Crippen LogP contribution is -2.24. The summed E-state index contributed by atoms with van der Waals surface area (Å²) in [6.07, 6.45) is 2.27. The van der Waals surface area contributed by atoms with Crippen LogP contribution in [0.3, 0.4) is 0 Å². The highest BCUT2D eigenvalue weighted by Crippen LogP contribution is 2.30. The molecule has 0 spiro atoms. The van der Waals surface area contributed by atoms with Crippen molar-refractivity contribution in [3.8, 4) is 5.75 Å². The van der Waals surface area contributed by atoms with Crippen molar-refractivity contribution in [3.63, 3.8) is 0 Å². The molecular weight excluding hydrogens is 228 g/mol. The van der Waals surface area contributed by atoms with Crippen LogP contribution in [0.1, 0.15) is 37.8 Å². The third kappa shape index (κ3) is 3.24. The monoisotopic (exact) mass is 250 g/mol. The molecule has 1 heterocycles. The highest BCUT2D eigenvalue weighted by molar-refractivity contribution is 5.36. The van der Waals surface area contributed by atoms with Gasteiger partial charge in [-0.15, -0.1) is 0 Å². The molecule has 0 aromatic heterocycles. The maximum absolute atomic E-state index is 9.31. The highest BCUT2D eigenvalue weighted by Gasteiger charge is 2.31. The van der Waals surface area contributed by atoms with E-state index in [-0.39, 0.29) is 18.3 Å². The fourth-order valence-electron chi connectivity index (χ4n) is 2.35. The summed E-state index contributed by atoms with van der Waals surface area (Å²) in [5.41, 5.74) is 1.94. The average molecular weight is 250 g/mol. The van der Waals surface area contributed by atoms with Crippen molar-refractivity contribution in [1.82, 2.24) is 0 Å². The Labute approximate surface area is 109 Å². The number of hydrogen-bond acceptors (Lipinski definition) is 3. The molecule has 1 atom stereocenters. The SMILES string of the molecule is Cc1ccc(OCC2CCC(C)(C)O2)c(CO)c1. The number of aliphatic hydroxyl groups excluding tert-OH is 1. The lowest BCUT2D eigenvalue weighted by atomic mass is 10.1. The van der Waals surface area contributed by atoms with Gasteiger partial charge in [0.1, 0.15) is 12.4 Å². The summed E-state index contributed by atoms with van der Waals surface area (Å²) in [5, 5.41) is 9.31. The smallest absolute Gasteiger partial charge is 0.124 e. The van der Waals surface area contributed by atoms with E-state index >= 15 is 0 Å². The van der Waals surface area contributed by atoms with E-state index in [1.807, 2.05) is 25.1 Å². The highest BCUT2D eigenvalue weighted by atomic mass is 16.6. The van der Waals surface area contributed by atoms with E-state index in [4.69, 9.17) is 9.47 Å². The Morgan fingerprint density at radius 1 is 1.44 bits per heavy atom. The van der Waals surface area contributed by atoms with Crippen molar-refractivity contribution in [2.24, 2.45) is 0 Å². The molecule has 3 heteroatoms. The van der Waals surface area contributed by atoms with Crippen LogP contribution in [0.4, 0.5) is 0 Å². The molecule has 1 unspecified atom stereocenters. The first kappa shape index (κ1) is 13.4. The van der Waals surface area contributed by atoms with Gasteiger partial charge in [0.05, 0.1) is 18.3 Å². The maximum Gasteiger partial charge on any atom is 0.124 e. The Bertz CT molecular complexity index is 412. The van der Waals surface area contributed by atoms with Crippen LogP contribution in [0, 0.1) is 6.92 Å². The van der Waals surface area contributed by atoms with Gasteiger partial charge >= 0.3 is 0 Å². The second-order valence-electron chi connectivity index (χ2n) is 5.62. The first-order valence-electron chi connectivity index (χ1n) is 6.51. The number of ether oxygens (including phenoxy) is 2. The maximum atomic E-state index is 9.31. The number of aryl methyl sites for hydroxylation is 1. The molecule has 1 aliphatic rings. The average Bonchev–Trinajstić information content (AvgIpc) is 2.67. The summed E-state index contributed by atoms with van der Waals surface area (Å²) in [5.74, 6) is 0.761. The molecule has 0 radical (unpaired) electrons. The van der Waals surface area contributed by atoms with Gasteiger partial charge in [-0.1, -0.05) is 17.7 Å². The number of hydrogen-bond donors (Lipinski definition) is 1. The molecule has 2 rings (SSSR count). The van der Waals surface area contributed by atoms with Crippen LogP contribution in [0.5, 0.6) is 5.75 Å². The van der Waals surface area contributed by atoms with E-state index in [9.17, 15) is 5.11 Å². The molecule has 1 aromatic carbocycles. The molecule has 1 fully saturated rings. The number of benzene rings is 1. The van der Waals surface area contributed by atoms with Crippen molar-refractivity contribution < 1.29 is 14.6 Å². The Morgan fingerprint density at radius 3 is 2.83 bits per heavy atom. The van der Waals surface area contributed by atoms with E-state index in [2.05, 4.69) is 13.8 Å².